The zero-order valence-electron chi connectivity index (χ0n) is 10.8. The second-order valence-electron chi connectivity index (χ2n) is 3.75. The summed E-state index contributed by atoms with van der Waals surface area (Å²) in [5.41, 5.74) is 0.514. The van der Waals surface area contributed by atoms with Crippen LogP contribution >= 0.6 is 31.9 Å². The molecule has 0 heterocycles. The van der Waals surface area contributed by atoms with Crippen molar-refractivity contribution in [3.63, 3.8) is 0 Å². The molecule has 0 atom stereocenters. The minimum absolute atomic E-state index is 0.0396. The summed E-state index contributed by atoms with van der Waals surface area (Å²) in [6.45, 7) is 4.27. The molecule has 0 saturated heterocycles. The van der Waals surface area contributed by atoms with E-state index in [9.17, 15) is 9.59 Å². The van der Waals surface area contributed by atoms with Gasteiger partial charge in [0, 0.05) is 15.5 Å². The van der Waals surface area contributed by atoms with Gasteiger partial charge in [-0.25, -0.2) is 0 Å². The number of benzene rings is 1. The second-order valence-corrected chi connectivity index (χ2v) is 5.52. The minimum atomic E-state index is -0.399. The van der Waals surface area contributed by atoms with Gasteiger partial charge in [0.25, 0.3) is 5.91 Å². The van der Waals surface area contributed by atoms with Gasteiger partial charge in [0.2, 0.25) is 0 Å². The summed E-state index contributed by atoms with van der Waals surface area (Å²) in [5, 5.41) is 0. The van der Waals surface area contributed by atoms with Gasteiger partial charge in [0.05, 0.1) is 12.2 Å². The van der Waals surface area contributed by atoms with Gasteiger partial charge in [-0.1, -0.05) is 15.9 Å². The molecule has 4 nitrogen and oxygen atoms in total. The number of amides is 1. The molecule has 0 aromatic heterocycles. The first kappa shape index (κ1) is 16.2. The van der Waals surface area contributed by atoms with E-state index in [4.69, 9.17) is 4.74 Å². The van der Waals surface area contributed by atoms with Crippen molar-refractivity contribution < 1.29 is 14.3 Å². The quantitative estimate of drug-likeness (QED) is 0.722. The maximum atomic E-state index is 12.4. The van der Waals surface area contributed by atoms with Gasteiger partial charge in [-0.3, -0.25) is 9.59 Å². The number of halogens is 2. The van der Waals surface area contributed by atoms with Crippen molar-refractivity contribution in [1.82, 2.24) is 4.90 Å². The summed E-state index contributed by atoms with van der Waals surface area (Å²) >= 11 is 6.67. The van der Waals surface area contributed by atoms with Crippen LogP contribution in [0.5, 0.6) is 0 Å². The maximum absolute atomic E-state index is 12.4. The van der Waals surface area contributed by atoms with Crippen LogP contribution in [0.15, 0.2) is 27.1 Å². The van der Waals surface area contributed by atoms with Gasteiger partial charge in [-0.15, -0.1) is 0 Å². The highest BCUT2D eigenvalue weighted by Crippen LogP contribution is 2.22. The number of likely N-dealkylation sites (N-methyl/N-ethyl adjacent to an activating group) is 1. The Balaban J connectivity index is 2.89. The lowest BCUT2D eigenvalue weighted by atomic mass is 10.2. The smallest absolute Gasteiger partial charge is 0.325 e. The Labute approximate surface area is 129 Å². The summed E-state index contributed by atoms with van der Waals surface area (Å²) in [6, 6.07) is 5.35. The van der Waals surface area contributed by atoms with Crippen LogP contribution in [0.2, 0.25) is 0 Å². The molecule has 1 aromatic carbocycles. The van der Waals surface area contributed by atoms with Crippen molar-refractivity contribution in [2.75, 3.05) is 19.7 Å². The molecule has 0 radical (unpaired) electrons. The topological polar surface area (TPSA) is 46.6 Å². The van der Waals surface area contributed by atoms with E-state index in [-0.39, 0.29) is 12.5 Å². The monoisotopic (exact) mass is 391 g/mol. The third-order valence-electron chi connectivity index (χ3n) is 2.45. The fourth-order valence-corrected chi connectivity index (χ4v) is 2.30. The number of carbonyl (C=O) groups excluding carboxylic acids is 2. The van der Waals surface area contributed by atoms with Crippen LogP contribution < -0.4 is 0 Å². The standard InChI is InChI=1S/C13H15Br2NO3/c1-3-16(8-12(17)19-4-2)13(18)10-7-9(14)5-6-11(10)15/h5-7H,3-4,8H2,1-2H3. The Morgan fingerprint density at radius 1 is 1.26 bits per heavy atom. The number of carbonyl (C=O) groups is 2. The highest BCUT2D eigenvalue weighted by Gasteiger charge is 2.20. The first-order valence-electron chi connectivity index (χ1n) is 5.89. The van der Waals surface area contributed by atoms with Gasteiger partial charge in [-0.05, 0) is 48.0 Å². The van der Waals surface area contributed by atoms with Crippen molar-refractivity contribution in [1.29, 1.82) is 0 Å². The fraction of sp³-hybridized carbons (Fsp3) is 0.385. The number of nitrogens with zero attached hydrogens (tertiary/aromatic N) is 1. The Hall–Kier alpha value is -0.880. The number of hydrogen-bond donors (Lipinski definition) is 0. The predicted molar refractivity (Wildman–Crippen MR) is 80.1 cm³/mol. The third kappa shape index (κ3) is 4.62. The van der Waals surface area contributed by atoms with Crippen LogP contribution in [-0.2, 0) is 9.53 Å². The molecule has 0 aliphatic heterocycles. The molecule has 0 N–H and O–H groups in total. The molecule has 0 aliphatic rings. The van der Waals surface area contributed by atoms with Crippen LogP contribution in [0.3, 0.4) is 0 Å². The SMILES string of the molecule is CCOC(=O)CN(CC)C(=O)c1cc(Br)ccc1Br. The summed E-state index contributed by atoms with van der Waals surface area (Å²) in [4.78, 5) is 25.3. The second kappa shape index (κ2) is 7.65. The zero-order valence-corrected chi connectivity index (χ0v) is 14.0. The molecular weight excluding hydrogens is 378 g/mol. The fourth-order valence-electron chi connectivity index (χ4n) is 1.52. The summed E-state index contributed by atoms with van der Waals surface area (Å²) < 4.78 is 6.37. The molecule has 0 aliphatic carbocycles. The van der Waals surface area contributed by atoms with Gasteiger partial charge >= 0.3 is 5.97 Å². The Kier molecular flexibility index (Phi) is 6.51. The van der Waals surface area contributed by atoms with Crippen molar-refractivity contribution in [2.24, 2.45) is 0 Å². The van der Waals surface area contributed by atoms with E-state index >= 15 is 0 Å². The van der Waals surface area contributed by atoms with E-state index in [1.807, 2.05) is 13.0 Å². The number of hydrogen-bond acceptors (Lipinski definition) is 3. The highest BCUT2D eigenvalue weighted by atomic mass is 79.9. The average molecular weight is 393 g/mol. The lowest BCUT2D eigenvalue weighted by Gasteiger charge is -2.20. The maximum Gasteiger partial charge on any atom is 0.325 e. The predicted octanol–water partition coefficient (Wildman–Crippen LogP) is 3.24. The molecule has 1 aromatic rings. The van der Waals surface area contributed by atoms with Crippen molar-refractivity contribution in [3.05, 3.63) is 32.7 Å². The van der Waals surface area contributed by atoms with E-state index in [2.05, 4.69) is 31.9 Å². The Morgan fingerprint density at radius 2 is 1.95 bits per heavy atom. The average Bonchev–Trinajstić information content (AvgIpc) is 2.38. The summed E-state index contributed by atoms with van der Waals surface area (Å²) in [7, 11) is 0. The van der Waals surface area contributed by atoms with Gasteiger partial charge < -0.3 is 9.64 Å². The molecule has 0 fully saturated rings. The normalized spacial score (nSPS) is 10.1. The lowest BCUT2D eigenvalue weighted by Crippen LogP contribution is -2.36. The molecule has 0 spiro atoms. The lowest BCUT2D eigenvalue weighted by molar-refractivity contribution is -0.143. The van der Waals surface area contributed by atoms with Crippen LogP contribution in [0.25, 0.3) is 0 Å². The van der Waals surface area contributed by atoms with Gasteiger partial charge in [0.1, 0.15) is 6.54 Å². The van der Waals surface area contributed by atoms with Gasteiger partial charge in [-0.2, -0.15) is 0 Å². The molecular formula is C13H15Br2NO3. The Morgan fingerprint density at radius 3 is 2.53 bits per heavy atom. The summed E-state index contributed by atoms with van der Waals surface area (Å²) in [5.74, 6) is -0.604. The largest absolute Gasteiger partial charge is 0.465 e. The molecule has 0 saturated carbocycles. The van der Waals surface area contributed by atoms with E-state index in [0.29, 0.717) is 23.2 Å². The molecule has 1 amide bonds. The number of rotatable bonds is 5. The van der Waals surface area contributed by atoms with Crippen LogP contribution in [-0.4, -0.2) is 36.5 Å². The third-order valence-corrected chi connectivity index (χ3v) is 3.64. The molecule has 19 heavy (non-hydrogen) atoms. The minimum Gasteiger partial charge on any atom is -0.465 e. The number of ether oxygens (including phenoxy) is 1. The zero-order chi connectivity index (χ0) is 14.4. The highest BCUT2D eigenvalue weighted by molar-refractivity contribution is 9.11. The van der Waals surface area contributed by atoms with E-state index in [1.54, 1.807) is 19.1 Å². The molecule has 0 unspecified atom stereocenters. The van der Waals surface area contributed by atoms with E-state index in [1.165, 1.54) is 4.90 Å². The first-order valence-corrected chi connectivity index (χ1v) is 7.48. The Bertz CT molecular complexity index is 477. The van der Waals surface area contributed by atoms with Crippen LogP contribution in [0, 0.1) is 0 Å². The summed E-state index contributed by atoms with van der Waals surface area (Å²) in [6.07, 6.45) is 0. The van der Waals surface area contributed by atoms with Crippen LogP contribution in [0.1, 0.15) is 24.2 Å². The molecule has 1 rings (SSSR count). The molecule has 0 bridgehead atoms. The van der Waals surface area contributed by atoms with Crippen molar-refractivity contribution in [2.45, 2.75) is 13.8 Å². The van der Waals surface area contributed by atoms with E-state index in [0.717, 1.165) is 4.47 Å². The van der Waals surface area contributed by atoms with Crippen molar-refractivity contribution in [3.8, 4) is 0 Å². The first-order chi connectivity index (χ1) is 8.99. The van der Waals surface area contributed by atoms with Crippen molar-refractivity contribution >= 4 is 43.7 Å². The van der Waals surface area contributed by atoms with E-state index < -0.39 is 5.97 Å². The molecule has 104 valence electrons. The number of esters is 1. The van der Waals surface area contributed by atoms with Gasteiger partial charge in [0.15, 0.2) is 0 Å². The molecule has 6 heteroatoms. The van der Waals surface area contributed by atoms with Crippen LogP contribution in [0.4, 0.5) is 0 Å².